The van der Waals surface area contributed by atoms with Crippen LogP contribution in [-0.4, -0.2) is 17.5 Å². The molecule has 0 spiro atoms. The maximum atomic E-state index is 8.63. The van der Waals surface area contributed by atoms with Crippen LogP contribution in [0.5, 0.6) is 0 Å². The van der Waals surface area contributed by atoms with Gasteiger partial charge in [-0.1, -0.05) is 129 Å². The molecular weight excluding hydrogens is 568 g/mol. The fraction of sp³-hybridized carbons (Fsp3) is 0.706. The zero-order valence-electron chi connectivity index (χ0n) is 26.7. The molecular formula is C34H61ClN2O4S. The molecule has 0 unspecified atom stereocenters. The van der Waals surface area contributed by atoms with Gasteiger partial charge in [0.2, 0.25) is 10.4 Å². The van der Waals surface area contributed by atoms with Gasteiger partial charge in [0, 0.05) is 37.1 Å². The minimum atomic E-state index is -4.92. The van der Waals surface area contributed by atoms with E-state index >= 15 is 0 Å². The Morgan fingerprint density at radius 1 is 0.476 bits per heavy atom. The Balaban J connectivity index is 0. The molecule has 0 fully saturated rings. The lowest BCUT2D eigenvalue weighted by Gasteiger charge is -2.01. The van der Waals surface area contributed by atoms with E-state index in [9.17, 15) is 0 Å². The van der Waals surface area contributed by atoms with Gasteiger partial charge >= 0.3 is 0 Å². The fourth-order valence-corrected chi connectivity index (χ4v) is 4.73. The third-order valence-corrected chi connectivity index (χ3v) is 7.09. The summed E-state index contributed by atoms with van der Waals surface area (Å²) in [6.07, 6.45) is 36.9. The van der Waals surface area contributed by atoms with E-state index in [1.165, 1.54) is 142 Å². The van der Waals surface area contributed by atoms with E-state index in [1.54, 1.807) is 0 Å². The SMILES string of the molecule is CCCCCCCCCCCC[n+]1ccccc1.CCCCCCCCCCCC[n+]1ccccc1.O=S(=O)([O-])O.[Cl-]. The average Bonchev–Trinajstić information content (AvgIpc) is 2.96. The maximum absolute atomic E-state index is 8.63. The summed E-state index contributed by atoms with van der Waals surface area (Å²) in [5, 5.41) is 0. The number of unbranched alkanes of at least 4 members (excludes halogenated alkanes) is 18. The molecule has 0 amide bonds. The summed E-state index contributed by atoms with van der Waals surface area (Å²) in [4.78, 5) is 0. The van der Waals surface area contributed by atoms with Gasteiger partial charge in [0.1, 0.15) is 13.1 Å². The zero-order chi connectivity index (χ0) is 30.3. The van der Waals surface area contributed by atoms with E-state index in [0.29, 0.717) is 0 Å². The molecule has 2 rings (SSSR count). The second-order valence-corrected chi connectivity index (χ2v) is 11.9. The lowest BCUT2D eigenvalue weighted by molar-refractivity contribution is -0.697. The highest BCUT2D eigenvalue weighted by molar-refractivity contribution is 7.79. The normalized spacial score (nSPS) is 10.6. The van der Waals surface area contributed by atoms with Crippen LogP contribution in [0.25, 0.3) is 0 Å². The first kappa shape index (κ1) is 42.6. The molecule has 0 aromatic carbocycles. The Kier molecular flexibility index (Phi) is 32.8. The van der Waals surface area contributed by atoms with Gasteiger partial charge in [0.05, 0.1) is 0 Å². The van der Waals surface area contributed by atoms with Gasteiger partial charge < -0.3 is 17.0 Å². The highest BCUT2D eigenvalue weighted by atomic mass is 35.5. The van der Waals surface area contributed by atoms with Gasteiger partial charge in [-0.25, -0.2) is 17.6 Å². The van der Waals surface area contributed by atoms with Gasteiger partial charge in [-0.05, 0) is 12.8 Å². The van der Waals surface area contributed by atoms with Crippen LogP contribution in [0.3, 0.4) is 0 Å². The van der Waals surface area contributed by atoms with E-state index in [-0.39, 0.29) is 12.4 Å². The number of hydrogen-bond acceptors (Lipinski definition) is 3. The van der Waals surface area contributed by atoms with Crippen LogP contribution in [-0.2, 0) is 23.5 Å². The number of aryl methyl sites for hydroxylation is 2. The number of pyridine rings is 2. The first-order valence-electron chi connectivity index (χ1n) is 16.4. The van der Waals surface area contributed by atoms with E-state index < -0.39 is 10.4 Å². The van der Waals surface area contributed by atoms with Crippen molar-refractivity contribution < 1.29 is 39.1 Å². The van der Waals surface area contributed by atoms with Crippen molar-refractivity contribution in [3.05, 3.63) is 61.2 Å². The molecule has 0 radical (unpaired) electrons. The fourth-order valence-electron chi connectivity index (χ4n) is 4.73. The van der Waals surface area contributed by atoms with Crippen molar-refractivity contribution in [2.24, 2.45) is 0 Å². The monoisotopic (exact) mass is 628 g/mol. The van der Waals surface area contributed by atoms with E-state index in [4.69, 9.17) is 17.5 Å². The van der Waals surface area contributed by atoms with Crippen molar-refractivity contribution in [1.82, 2.24) is 0 Å². The highest BCUT2D eigenvalue weighted by Gasteiger charge is 1.99. The third-order valence-electron chi connectivity index (χ3n) is 7.09. The zero-order valence-corrected chi connectivity index (χ0v) is 28.3. The van der Waals surface area contributed by atoms with Gasteiger partial charge in [-0.15, -0.1) is 0 Å². The summed E-state index contributed by atoms with van der Waals surface area (Å²) in [5.41, 5.74) is 0. The molecule has 0 bridgehead atoms. The summed E-state index contributed by atoms with van der Waals surface area (Å²) in [7, 11) is -4.92. The Morgan fingerprint density at radius 2 is 0.690 bits per heavy atom. The molecule has 0 aliphatic carbocycles. The Labute approximate surface area is 265 Å². The van der Waals surface area contributed by atoms with Crippen molar-refractivity contribution in [1.29, 1.82) is 0 Å². The molecule has 1 N–H and O–H groups in total. The van der Waals surface area contributed by atoms with E-state index in [1.807, 2.05) is 0 Å². The number of hydrogen-bond donors (Lipinski definition) is 1. The number of aromatic nitrogens is 2. The molecule has 8 heteroatoms. The molecule has 0 saturated carbocycles. The van der Waals surface area contributed by atoms with Crippen LogP contribution in [0.15, 0.2) is 61.2 Å². The number of rotatable bonds is 22. The van der Waals surface area contributed by atoms with E-state index in [2.05, 4.69) is 84.2 Å². The van der Waals surface area contributed by atoms with Gasteiger partial charge in [0.25, 0.3) is 0 Å². The number of halogens is 1. The maximum Gasteiger partial charge on any atom is 0.215 e. The minimum absolute atomic E-state index is 0. The summed E-state index contributed by atoms with van der Waals surface area (Å²) in [6, 6.07) is 12.6. The average molecular weight is 629 g/mol. The summed E-state index contributed by atoms with van der Waals surface area (Å²) in [5.74, 6) is 0. The van der Waals surface area contributed by atoms with Crippen LogP contribution in [0, 0.1) is 0 Å². The highest BCUT2D eigenvalue weighted by Crippen LogP contribution is 2.11. The first-order chi connectivity index (χ1) is 19.9. The Hall–Kier alpha value is -1.54. The van der Waals surface area contributed by atoms with Crippen molar-refractivity contribution in [2.45, 2.75) is 155 Å². The molecule has 0 aliphatic heterocycles. The molecule has 2 heterocycles. The lowest BCUT2D eigenvalue weighted by Crippen LogP contribution is -3.00. The van der Waals surface area contributed by atoms with Crippen LogP contribution >= 0.6 is 0 Å². The van der Waals surface area contributed by atoms with Gasteiger partial charge in [0.15, 0.2) is 24.8 Å². The summed E-state index contributed by atoms with van der Waals surface area (Å²) >= 11 is 0. The largest absolute Gasteiger partial charge is 1.00 e. The predicted octanol–water partition coefficient (Wildman–Crippen LogP) is 5.80. The quantitative estimate of drug-likeness (QED) is 0.0773. The molecule has 0 aliphatic rings. The van der Waals surface area contributed by atoms with Crippen LogP contribution in [0.1, 0.15) is 142 Å². The second-order valence-electron chi connectivity index (χ2n) is 11.0. The molecule has 2 aromatic rings. The Bertz CT molecular complexity index is 819. The van der Waals surface area contributed by atoms with Crippen LogP contribution in [0.4, 0.5) is 0 Å². The standard InChI is InChI=1S/2C17H30N.ClH.H2O4S/c2*1-2-3-4-5-6-7-8-9-10-12-15-18-16-13-11-14-17-18;;1-5(2,3)4/h2*11,13-14,16-17H,2-10,12,15H2,1H3;1H;(H2,1,2,3,4)/q2*+1;;/p-2. The third kappa shape index (κ3) is 36.5. The minimum Gasteiger partial charge on any atom is -1.00 e. The number of nitrogens with zero attached hydrogens (tertiary/aromatic N) is 2. The molecule has 0 saturated heterocycles. The van der Waals surface area contributed by atoms with E-state index in [0.717, 1.165) is 0 Å². The van der Waals surface area contributed by atoms with Crippen molar-refractivity contribution >= 4 is 10.4 Å². The second kappa shape index (κ2) is 32.4. The van der Waals surface area contributed by atoms with Crippen molar-refractivity contribution in [3.63, 3.8) is 0 Å². The molecule has 6 nitrogen and oxygen atoms in total. The van der Waals surface area contributed by atoms with Crippen LogP contribution < -0.4 is 21.5 Å². The van der Waals surface area contributed by atoms with Gasteiger partial charge in [-0.3, -0.25) is 4.55 Å². The summed E-state index contributed by atoms with van der Waals surface area (Å²) in [6.45, 7) is 6.92. The molecule has 2 aromatic heterocycles. The van der Waals surface area contributed by atoms with Crippen molar-refractivity contribution in [2.75, 3.05) is 0 Å². The van der Waals surface area contributed by atoms with Crippen LogP contribution in [0.2, 0.25) is 0 Å². The molecule has 42 heavy (non-hydrogen) atoms. The Morgan fingerprint density at radius 3 is 0.929 bits per heavy atom. The van der Waals surface area contributed by atoms with Gasteiger partial charge in [-0.2, -0.15) is 0 Å². The summed E-state index contributed by atoms with van der Waals surface area (Å²) < 4.78 is 37.4. The first-order valence-corrected chi connectivity index (χ1v) is 17.8. The molecule has 244 valence electrons. The lowest BCUT2D eigenvalue weighted by atomic mass is 10.1. The topological polar surface area (TPSA) is 85.2 Å². The predicted molar refractivity (Wildman–Crippen MR) is 169 cm³/mol. The van der Waals surface area contributed by atoms with Crippen molar-refractivity contribution in [3.8, 4) is 0 Å². The smallest absolute Gasteiger partial charge is 0.215 e. The molecule has 0 atom stereocenters.